The van der Waals surface area contributed by atoms with Crippen LogP contribution in [0.2, 0.25) is 0 Å². The fourth-order valence-corrected chi connectivity index (χ4v) is 3.18. The van der Waals surface area contributed by atoms with Crippen molar-refractivity contribution in [3.8, 4) is 5.75 Å². The highest BCUT2D eigenvalue weighted by Gasteiger charge is 2.21. The minimum absolute atomic E-state index is 0.0228. The number of hydrogen-bond acceptors (Lipinski definition) is 5. The normalized spacial score (nSPS) is 12.9. The van der Waals surface area contributed by atoms with Gasteiger partial charge in [-0.3, -0.25) is 4.98 Å². The van der Waals surface area contributed by atoms with Gasteiger partial charge in [0.05, 0.1) is 12.8 Å². The molecule has 2 aromatic rings. The maximum atomic E-state index is 12.3. The lowest BCUT2D eigenvalue weighted by molar-refractivity contribution is 0.414. The summed E-state index contributed by atoms with van der Waals surface area (Å²) in [5, 5.41) is 0. The molecule has 0 spiro atoms. The number of nitrogens with one attached hydrogen (secondary N) is 1. The molecule has 21 heavy (non-hydrogen) atoms. The molecule has 0 fully saturated rings. The van der Waals surface area contributed by atoms with Gasteiger partial charge in [-0.05, 0) is 30.7 Å². The Morgan fingerprint density at radius 2 is 1.90 bits per heavy atom. The second-order valence-electron chi connectivity index (χ2n) is 4.53. The third kappa shape index (κ3) is 3.50. The summed E-state index contributed by atoms with van der Waals surface area (Å²) in [6, 6.07) is 8.21. The molecule has 1 aromatic heterocycles. The molecule has 1 unspecified atom stereocenters. The lowest BCUT2D eigenvalue weighted by Crippen LogP contribution is -2.27. The van der Waals surface area contributed by atoms with E-state index in [1.54, 1.807) is 38.3 Å². The average molecular weight is 307 g/mol. The SMILES string of the molecule is COc1ccc(C(C)NS(=O)(=O)c2cnccc2N)cc1. The Balaban J connectivity index is 2.21. The fourth-order valence-electron chi connectivity index (χ4n) is 1.87. The Hall–Kier alpha value is -2.12. The molecule has 112 valence electrons. The number of nitrogen functional groups attached to an aromatic ring is 1. The maximum absolute atomic E-state index is 12.3. The van der Waals surface area contributed by atoms with Crippen molar-refractivity contribution < 1.29 is 13.2 Å². The molecule has 6 nitrogen and oxygen atoms in total. The van der Waals surface area contributed by atoms with Crippen LogP contribution in [-0.2, 0) is 10.0 Å². The van der Waals surface area contributed by atoms with Gasteiger partial charge in [0, 0.05) is 18.4 Å². The van der Waals surface area contributed by atoms with Crippen molar-refractivity contribution in [3.63, 3.8) is 0 Å². The zero-order chi connectivity index (χ0) is 15.5. The van der Waals surface area contributed by atoms with E-state index in [0.29, 0.717) is 5.75 Å². The number of anilines is 1. The summed E-state index contributed by atoms with van der Waals surface area (Å²) in [7, 11) is -2.15. The smallest absolute Gasteiger partial charge is 0.244 e. The molecule has 0 saturated heterocycles. The van der Waals surface area contributed by atoms with Crippen LogP contribution in [0.4, 0.5) is 5.69 Å². The third-order valence-corrected chi connectivity index (χ3v) is 4.64. The summed E-state index contributed by atoms with van der Waals surface area (Å²) < 4.78 is 32.3. The molecule has 0 aliphatic heterocycles. The molecule has 2 rings (SSSR count). The van der Waals surface area contributed by atoms with Crippen molar-refractivity contribution in [2.45, 2.75) is 17.9 Å². The second kappa shape index (κ2) is 6.11. The number of benzene rings is 1. The zero-order valence-electron chi connectivity index (χ0n) is 11.8. The van der Waals surface area contributed by atoms with Crippen LogP contribution in [0.25, 0.3) is 0 Å². The van der Waals surface area contributed by atoms with Crippen LogP contribution < -0.4 is 15.2 Å². The lowest BCUT2D eigenvalue weighted by Gasteiger charge is -2.15. The number of aromatic nitrogens is 1. The van der Waals surface area contributed by atoms with Gasteiger partial charge in [-0.1, -0.05) is 12.1 Å². The Morgan fingerprint density at radius 3 is 2.48 bits per heavy atom. The number of pyridine rings is 1. The van der Waals surface area contributed by atoms with Crippen LogP contribution in [0.15, 0.2) is 47.6 Å². The summed E-state index contributed by atoms with van der Waals surface area (Å²) in [4.78, 5) is 3.78. The summed E-state index contributed by atoms with van der Waals surface area (Å²) in [6.07, 6.45) is 2.68. The predicted octanol–water partition coefficient (Wildman–Crippen LogP) is 1.71. The van der Waals surface area contributed by atoms with Gasteiger partial charge in [0.15, 0.2) is 0 Å². The molecule has 3 N–H and O–H groups in total. The Labute approximate surface area is 124 Å². The van der Waals surface area contributed by atoms with Gasteiger partial charge in [0.25, 0.3) is 0 Å². The average Bonchev–Trinajstić information content (AvgIpc) is 2.47. The second-order valence-corrected chi connectivity index (χ2v) is 6.21. The van der Waals surface area contributed by atoms with Gasteiger partial charge in [-0.2, -0.15) is 0 Å². The highest BCUT2D eigenvalue weighted by Crippen LogP contribution is 2.21. The molecule has 7 heteroatoms. The van der Waals surface area contributed by atoms with E-state index in [0.717, 1.165) is 5.56 Å². The first kappa shape index (κ1) is 15.3. The largest absolute Gasteiger partial charge is 0.497 e. The maximum Gasteiger partial charge on any atom is 0.244 e. The number of hydrogen-bond donors (Lipinski definition) is 2. The minimum Gasteiger partial charge on any atom is -0.497 e. The minimum atomic E-state index is -3.72. The van der Waals surface area contributed by atoms with E-state index in [2.05, 4.69) is 9.71 Å². The highest BCUT2D eigenvalue weighted by atomic mass is 32.2. The van der Waals surface area contributed by atoms with E-state index >= 15 is 0 Å². The monoisotopic (exact) mass is 307 g/mol. The molecular weight excluding hydrogens is 290 g/mol. The number of rotatable bonds is 5. The fraction of sp³-hybridized carbons (Fsp3) is 0.214. The Morgan fingerprint density at radius 1 is 1.24 bits per heavy atom. The van der Waals surface area contributed by atoms with E-state index < -0.39 is 16.1 Å². The van der Waals surface area contributed by atoms with Crippen LogP contribution in [-0.4, -0.2) is 20.5 Å². The van der Waals surface area contributed by atoms with Gasteiger partial charge in [0.1, 0.15) is 10.6 Å². The molecule has 0 amide bonds. The molecule has 0 aliphatic rings. The molecule has 0 bridgehead atoms. The first-order chi connectivity index (χ1) is 9.94. The van der Waals surface area contributed by atoms with Crippen LogP contribution in [0, 0.1) is 0 Å². The summed E-state index contributed by atoms with van der Waals surface area (Å²) >= 11 is 0. The number of nitrogens with zero attached hydrogens (tertiary/aromatic N) is 1. The van der Waals surface area contributed by atoms with Crippen LogP contribution in [0.5, 0.6) is 5.75 Å². The van der Waals surface area contributed by atoms with Crippen LogP contribution in [0.3, 0.4) is 0 Å². The standard InChI is InChI=1S/C14H17N3O3S/c1-10(11-3-5-12(20-2)6-4-11)17-21(18,19)14-9-16-8-7-13(14)15/h3-10,17H,1-2H3,(H2,15,16). The summed E-state index contributed by atoms with van der Waals surface area (Å²) in [6.45, 7) is 1.76. The van der Waals surface area contributed by atoms with Gasteiger partial charge >= 0.3 is 0 Å². The number of ether oxygens (including phenoxy) is 1. The molecule has 0 radical (unpaired) electrons. The van der Waals surface area contributed by atoms with E-state index in [-0.39, 0.29) is 10.6 Å². The lowest BCUT2D eigenvalue weighted by atomic mass is 10.1. The molecular formula is C14H17N3O3S. The molecule has 0 saturated carbocycles. The van der Waals surface area contributed by atoms with Crippen molar-refractivity contribution >= 4 is 15.7 Å². The van der Waals surface area contributed by atoms with E-state index in [1.807, 2.05) is 0 Å². The van der Waals surface area contributed by atoms with Crippen molar-refractivity contribution in [2.24, 2.45) is 0 Å². The van der Waals surface area contributed by atoms with Crippen LogP contribution in [0.1, 0.15) is 18.5 Å². The first-order valence-corrected chi connectivity index (χ1v) is 7.78. The first-order valence-electron chi connectivity index (χ1n) is 6.30. The van der Waals surface area contributed by atoms with Crippen molar-refractivity contribution in [1.29, 1.82) is 0 Å². The van der Waals surface area contributed by atoms with E-state index in [9.17, 15) is 8.42 Å². The van der Waals surface area contributed by atoms with E-state index in [4.69, 9.17) is 10.5 Å². The van der Waals surface area contributed by atoms with Crippen molar-refractivity contribution in [1.82, 2.24) is 9.71 Å². The van der Waals surface area contributed by atoms with Gasteiger partial charge < -0.3 is 10.5 Å². The predicted molar refractivity (Wildman–Crippen MR) is 80.4 cm³/mol. The van der Waals surface area contributed by atoms with Gasteiger partial charge in [-0.15, -0.1) is 0 Å². The quantitative estimate of drug-likeness (QED) is 0.877. The third-order valence-electron chi connectivity index (χ3n) is 3.05. The summed E-state index contributed by atoms with van der Waals surface area (Å²) in [5.74, 6) is 0.713. The molecule has 1 heterocycles. The van der Waals surface area contributed by atoms with Gasteiger partial charge in [-0.25, -0.2) is 13.1 Å². The highest BCUT2D eigenvalue weighted by molar-refractivity contribution is 7.89. The van der Waals surface area contributed by atoms with E-state index in [1.165, 1.54) is 18.5 Å². The number of methoxy groups -OCH3 is 1. The van der Waals surface area contributed by atoms with Gasteiger partial charge in [0.2, 0.25) is 10.0 Å². The number of nitrogens with two attached hydrogens (primary N) is 1. The number of sulfonamides is 1. The van der Waals surface area contributed by atoms with Crippen molar-refractivity contribution in [3.05, 3.63) is 48.3 Å². The molecule has 1 atom stereocenters. The van der Waals surface area contributed by atoms with Crippen molar-refractivity contribution in [2.75, 3.05) is 12.8 Å². The molecule has 0 aliphatic carbocycles. The Bertz CT molecular complexity index is 714. The topological polar surface area (TPSA) is 94.3 Å². The molecule has 1 aromatic carbocycles. The zero-order valence-corrected chi connectivity index (χ0v) is 12.6. The summed E-state index contributed by atoms with van der Waals surface area (Å²) in [5.41, 5.74) is 6.67. The van der Waals surface area contributed by atoms with Crippen LogP contribution >= 0.6 is 0 Å². The Kier molecular flexibility index (Phi) is 4.44.